The minimum Gasteiger partial charge on any atom is -0.506 e. The SMILES string of the molecule is N#CCc1cc(Cl)c(O)cc1F. The van der Waals surface area contributed by atoms with Crippen molar-refractivity contribution < 1.29 is 9.50 Å². The number of hydrogen-bond acceptors (Lipinski definition) is 2. The number of nitrogens with zero attached hydrogens (tertiary/aromatic N) is 1. The van der Waals surface area contributed by atoms with E-state index in [-0.39, 0.29) is 22.8 Å². The molecule has 0 aliphatic heterocycles. The van der Waals surface area contributed by atoms with E-state index < -0.39 is 5.82 Å². The fourth-order valence-electron chi connectivity index (χ4n) is 0.798. The van der Waals surface area contributed by atoms with Crippen molar-refractivity contribution in [1.82, 2.24) is 0 Å². The number of aromatic hydroxyl groups is 1. The van der Waals surface area contributed by atoms with Gasteiger partial charge < -0.3 is 5.11 Å². The zero-order valence-corrected chi connectivity index (χ0v) is 6.77. The molecule has 2 nitrogen and oxygen atoms in total. The number of halogens is 2. The first-order valence-corrected chi connectivity index (χ1v) is 3.56. The van der Waals surface area contributed by atoms with E-state index in [2.05, 4.69) is 0 Å². The number of phenolic OH excluding ortho intramolecular Hbond substituents is 1. The second-order valence-corrected chi connectivity index (χ2v) is 2.64. The van der Waals surface area contributed by atoms with Crippen molar-refractivity contribution in [3.63, 3.8) is 0 Å². The van der Waals surface area contributed by atoms with E-state index in [9.17, 15) is 4.39 Å². The lowest BCUT2D eigenvalue weighted by molar-refractivity contribution is 0.468. The highest BCUT2D eigenvalue weighted by Crippen LogP contribution is 2.26. The van der Waals surface area contributed by atoms with Crippen molar-refractivity contribution in [3.05, 3.63) is 28.5 Å². The molecule has 0 fully saturated rings. The minimum absolute atomic E-state index is 0.0498. The van der Waals surface area contributed by atoms with Crippen LogP contribution in [-0.2, 0) is 6.42 Å². The second kappa shape index (κ2) is 3.42. The Morgan fingerprint density at radius 2 is 2.25 bits per heavy atom. The van der Waals surface area contributed by atoms with Crippen LogP contribution in [0.4, 0.5) is 4.39 Å². The maximum Gasteiger partial charge on any atom is 0.137 e. The van der Waals surface area contributed by atoms with Crippen LogP contribution in [-0.4, -0.2) is 5.11 Å². The zero-order valence-electron chi connectivity index (χ0n) is 6.01. The third kappa shape index (κ3) is 1.66. The summed E-state index contributed by atoms with van der Waals surface area (Å²) in [4.78, 5) is 0. The van der Waals surface area contributed by atoms with E-state index in [0.717, 1.165) is 6.07 Å². The van der Waals surface area contributed by atoms with Gasteiger partial charge in [0.2, 0.25) is 0 Å². The Bertz CT molecular complexity index is 346. The smallest absolute Gasteiger partial charge is 0.137 e. The van der Waals surface area contributed by atoms with Crippen LogP contribution in [0.3, 0.4) is 0 Å². The van der Waals surface area contributed by atoms with Crippen molar-refractivity contribution in [2.75, 3.05) is 0 Å². The molecule has 0 amide bonds. The lowest BCUT2D eigenvalue weighted by atomic mass is 10.1. The summed E-state index contributed by atoms with van der Waals surface area (Å²) < 4.78 is 12.8. The molecule has 0 spiro atoms. The molecule has 0 saturated carbocycles. The van der Waals surface area contributed by atoms with Crippen LogP contribution in [0.25, 0.3) is 0 Å². The fourth-order valence-corrected chi connectivity index (χ4v) is 0.984. The predicted molar refractivity (Wildman–Crippen MR) is 42.4 cm³/mol. The molecule has 0 heterocycles. The summed E-state index contributed by atoms with van der Waals surface area (Å²) in [6.45, 7) is 0. The molecule has 1 rings (SSSR count). The summed E-state index contributed by atoms with van der Waals surface area (Å²) in [7, 11) is 0. The number of hydrogen-bond donors (Lipinski definition) is 1. The maximum absolute atomic E-state index is 12.8. The first-order chi connectivity index (χ1) is 5.65. The first-order valence-electron chi connectivity index (χ1n) is 3.19. The Labute approximate surface area is 73.8 Å². The van der Waals surface area contributed by atoms with Crippen molar-refractivity contribution in [2.45, 2.75) is 6.42 Å². The highest BCUT2D eigenvalue weighted by Gasteiger charge is 2.06. The van der Waals surface area contributed by atoms with Crippen LogP contribution in [0.1, 0.15) is 5.56 Å². The standard InChI is InChI=1S/C8H5ClFNO/c9-6-3-5(1-2-11)7(10)4-8(6)12/h3-4,12H,1H2. The molecule has 62 valence electrons. The van der Waals surface area contributed by atoms with E-state index in [1.807, 2.05) is 0 Å². The van der Waals surface area contributed by atoms with Gasteiger partial charge in [0, 0.05) is 11.6 Å². The summed E-state index contributed by atoms with van der Waals surface area (Å²) in [5, 5.41) is 17.3. The summed E-state index contributed by atoms with van der Waals surface area (Å²) in [5.74, 6) is -0.922. The molecule has 0 unspecified atom stereocenters. The van der Waals surface area contributed by atoms with Gasteiger partial charge in [-0.15, -0.1) is 0 Å². The lowest BCUT2D eigenvalue weighted by Crippen LogP contribution is -1.88. The Morgan fingerprint density at radius 3 is 2.83 bits per heavy atom. The molecule has 0 aliphatic carbocycles. The molecular formula is C8H5ClFNO. The van der Waals surface area contributed by atoms with Gasteiger partial charge in [0.1, 0.15) is 11.6 Å². The average molecular weight is 186 g/mol. The number of rotatable bonds is 1. The molecule has 0 bridgehead atoms. The minimum atomic E-state index is -0.613. The van der Waals surface area contributed by atoms with E-state index >= 15 is 0 Å². The Morgan fingerprint density at radius 1 is 1.58 bits per heavy atom. The third-order valence-electron chi connectivity index (χ3n) is 1.39. The highest BCUT2D eigenvalue weighted by atomic mass is 35.5. The Kier molecular flexibility index (Phi) is 2.51. The van der Waals surface area contributed by atoms with Crippen molar-refractivity contribution >= 4 is 11.6 Å². The lowest BCUT2D eigenvalue weighted by Gasteiger charge is -2.00. The quantitative estimate of drug-likeness (QED) is 0.729. The van der Waals surface area contributed by atoms with Crippen LogP contribution in [0.5, 0.6) is 5.75 Å². The van der Waals surface area contributed by atoms with E-state index in [4.69, 9.17) is 22.0 Å². The number of nitriles is 1. The van der Waals surface area contributed by atoms with Gasteiger partial charge in [-0.3, -0.25) is 0 Å². The van der Waals surface area contributed by atoms with Crippen molar-refractivity contribution in [2.24, 2.45) is 0 Å². The second-order valence-electron chi connectivity index (χ2n) is 2.23. The highest BCUT2D eigenvalue weighted by molar-refractivity contribution is 6.32. The van der Waals surface area contributed by atoms with Gasteiger partial charge in [-0.2, -0.15) is 5.26 Å². The fraction of sp³-hybridized carbons (Fsp3) is 0.125. The van der Waals surface area contributed by atoms with E-state index in [1.165, 1.54) is 6.07 Å². The van der Waals surface area contributed by atoms with Gasteiger partial charge in [0.15, 0.2) is 0 Å². The van der Waals surface area contributed by atoms with Gasteiger partial charge in [-0.05, 0) is 6.07 Å². The van der Waals surface area contributed by atoms with Gasteiger partial charge in [-0.25, -0.2) is 4.39 Å². The van der Waals surface area contributed by atoms with Crippen molar-refractivity contribution in [3.8, 4) is 11.8 Å². The molecule has 0 atom stereocenters. The molecule has 0 saturated heterocycles. The molecule has 4 heteroatoms. The van der Waals surface area contributed by atoms with Crippen molar-refractivity contribution in [1.29, 1.82) is 5.26 Å². The summed E-state index contributed by atoms with van der Waals surface area (Å²) in [6, 6.07) is 3.93. The topological polar surface area (TPSA) is 44.0 Å². The van der Waals surface area contributed by atoms with Crippen LogP contribution >= 0.6 is 11.6 Å². The zero-order chi connectivity index (χ0) is 9.14. The van der Waals surface area contributed by atoms with Gasteiger partial charge >= 0.3 is 0 Å². The normalized spacial score (nSPS) is 9.42. The summed E-state index contributed by atoms with van der Waals surface area (Å²) in [5.41, 5.74) is 0.195. The van der Waals surface area contributed by atoms with Crippen LogP contribution < -0.4 is 0 Å². The third-order valence-corrected chi connectivity index (χ3v) is 1.69. The van der Waals surface area contributed by atoms with E-state index in [1.54, 1.807) is 6.07 Å². The molecule has 12 heavy (non-hydrogen) atoms. The number of benzene rings is 1. The van der Waals surface area contributed by atoms with Gasteiger partial charge in [0.25, 0.3) is 0 Å². The molecule has 1 aromatic carbocycles. The van der Waals surface area contributed by atoms with E-state index in [0.29, 0.717) is 0 Å². The first kappa shape index (κ1) is 8.82. The van der Waals surface area contributed by atoms with Crippen LogP contribution in [0, 0.1) is 17.1 Å². The van der Waals surface area contributed by atoms with Gasteiger partial charge in [0.05, 0.1) is 17.5 Å². The molecule has 1 aromatic rings. The number of phenols is 1. The summed E-state index contributed by atoms with van der Waals surface area (Å²) in [6.07, 6.45) is -0.0498. The Balaban J connectivity index is 3.16. The molecule has 0 radical (unpaired) electrons. The molecular weight excluding hydrogens is 181 g/mol. The molecule has 1 N–H and O–H groups in total. The molecule has 0 aromatic heterocycles. The molecule has 0 aliphatic rings. The Hall–Kier alpha value is -1.27. The predicted octanol–water partition coefficient (Wildman–Crippen LogP) is 2.25. The monoisotopic (exact) mass is 185 g/mol. The average Bonchev–Trinajstić information content (AvgIpc) is 2.01. The largest absolute Gasteiger partial charge is 0.506 e. The maximum atomic E-state index is 12.8. The van der Waals surface area contributed by atoms with Crippen LogP contribution in [0.15, 0.2) is 12.1 Å². The summed E-state index contributed by atoms with van der Waals surface area (Å²) >= 11 is 5.50. The van der Waals surface area contributed by atoms with Gasteiger partial charge in [-0.1, -0.05) is 11.6 Å². The van der Waals surface area contributed by atoms with Crippen LogP contribution in [0.2, 0.25) is 5.02 Å².